The van der Waals surface area contributed by atoms with E-state index in [1.807, 2.05) is 12.1 Å². The van der Waals surface area contributed by atoms with Crippen LogP contribution in [0.4, 0.5) is 11.8 Å². The highest BCUT2D eigenvalue weighted by Gasteiger charge is 2.40. The lowest BCUT2D eigenvalue weighted by molar-refractivity contribution is 0.143. The molecule has 33 heavy (non-hydrogen) atoms. The van der Waals surface area contributed by atoms with Gasteiger partial charge in [0.25, 0.3) is 0 Å². The van der Waals surface area contributed by atoms with Gasteiger partial charge in [-0.3, -0.25) is 4.21 Å². The monoisotopic (exact) mass is 484 g/mol. The van der Waals surface area contributed by atoms with Crippen LogP contribution < -0.4 is 10.2 Å². The Morgan fingerprint density at radius 2 is 2.00 bits per heavy atom. The van der Waals surface area contributed by atoms with E-state index in [0.717, 1.165) is 73.2 Å². The second-order valence-corrected chi connectivity index (χ2v) is 11.9. The first-order chi connectivity index (χ1) is 16.0. The summed E-state index contributed by atoms with van der Waals surface area (Å²) in [6.07, 6.45) is 8.10. The van der Waals surface area contributed by atoms with Gasteiger partial charge in [-0.05, 0) is 73.6 Å². The molecule has 0 unspecified atom stereocenters. The van der Waals surface area contributed by atoms with Crippen molar-refractivity contribution in [3.8, 4) is 0 Å². The molecule has 6 rings (SSSR count). The number of aliphatic hydroxyl groups excluding tert-OH is 1. The minimum absolute atomic E-state index is 0.0693. The number of fused-ring (bicyclic) bond motifs is 2. The number of nitrogens with zero attached hydrogens (tertiary/aromatic N) is 3. The van der Waals surface area contributed by atoms with E-state index in [-0.39, 0.29) is 12.1 Å². The number of hydrogen-bond donors (Lipinski definition) is 2. The number of benzene rings is 1. The molecule has 4 aliphatic rings. The van der Waals surface area contributed by atoms with Gasteiger partial charge in [-0.15, -0.1) is 0 Å². The van der Waals surface area contributed by atoms with Crippen molar-refractivity contribution in [2.45, 2.75) is 49.0 Å². The largest absolute Gasteiger partial charge is 0.394 e. The van der Waals surface area contributed by atoms with E-state index < -0.39 is 10.8 Å². The first-order valence-electron chi connectivity index (χ1n) is 11.9. The van der Waals surface area contributed by atoms with Crippen LogP contribution in [0.3, 0.4) is 0 Å². The zero-order chi connectivity index (χ0) is 22.6. The Hall–Kier alpha value is -1.96. The number of nitrogens with one attached hydrogen (secondary N) is 1. The van der Waals surface area contributed by atoms with Crippen molar-refractivity contribution >= 4 is 39.7 Å². The molecular formula is C25H29ClN4O2S. The number of hydrogen-bond acceptors (Lipinski definition) is 6. The van der Waals surface area contributed by atoms with Crippen LogP contribution >= 0.6 is 11.6 Å². The minimum Gasteiger partial charge on any atom is -0.394 e. The van der Waals surface area contributed by atoms with Gasteiger partial charge in [0.15, 0.2) is 0 Å². The number of anilines is 2. The van der Waals surface area contributed by atoms with Crippen molar-refractivity contribution in [2.24, 2.45) is 11.8 Å². The molecule has 2 aromatic rings. The van der Waals surface area contributed by atoms with Crippen LogP contribution in [0.15, 0.2) is 35.2 Å². The number of halogens is 1. The summed E-state index contributed by atoms with van der Waals surface area (Å²) in [7, 11) is -1.09. The highest BCUT2D eigenvalue weighted by atomic mass is 35.5. The van der Waals surface area contributed by atoms with Gasteiger partial charge in [-0.2, -0.15) is 4.98 Å². The lowest BCUT2D eigenvalue weighted by Gasteiger charge is -2.42. The van der Waals surface area contributed by atoms with Crippen LogP contribution in [0.2, 0.25) is 5.02 Å². The molecule has 2 aliphatic carbocycles. The molecule has 3 heterocycles. The predicted octanol–water partition coefficient (Wildman–Crippen LogP) is 4.05. The maximum Gasteiger partial charge on any atom is 0.227 e. The van der Waals surface area contributed by atoms with Crippen LogP contribution in [0.25, 0.3) is 5.57 Å². The molecule has 0 spiro atoms. The van der Waals surface area contributed by atoms with E-state index in [0.29, 0.717) is 23.4 Å². The quantitative estimate of drug-likeness (QED) is 0.666. The lowest BCUT2D eigenvalue weighted by atomic mass is 9.77. The number of aryl methyl sites for hydroxylation is 1. The van der Waals surface area contributed by atoms with Crippen LogP contribution in [0.1, 0.15) is 43.4 Å². The number of aliphatic hydroxyl groups is 1. The third-order valence-electron chi connectivity index (χ3n) is 7.78. The van der Waals surface area contributed by atoms with E-state index >= 15 is 0 Å². The zero-order valence-corrected chi connectivity index (χ0v) is 20.2. The zero-order valence-electron chi connectivity index (χ0n) is 18.6. The molecule has 2 aliphatic heterocycles. The number of rotatable bonds is 5. The Bertz CT molecular complexity index is 1130. The minimum atomic E-state index is -1.09. The SMILES string of the molecule is O=[S@]1CCCc2nc(N3C[C@H]4CC(c5ccc(Cl)cc5)=C[C@H]4C3)nc(NC3(CO)CCC3)c21. The molecule has 6 nitrogen and oxygen atoms in total. The summed E-state index contributed by atoms with van der Waals surface area (Å²) in [4.78, 5) is 12.9. The molecule has 2 fully saturated rings. The normalized spacial score (nSPS) is 27.5. The summed E-state index contributed by atoms with van der Waals surface area (Å²) in [5.74, 6) is 3.10. The maximum absolute atomic E-state index is 12.9. The van der Waals surface area contributed by atoms with E-state index in [4.69, 9.17) is 21.6 Å². The van der Waals surface area contributed by atoms with Crippen LogP contribution in [-0.2, 0) is 17.2 Å². The fourth-order valence-corrected chi connectivity index (χ4v) is 7.18. The molecule has 0 bridgehead atoms. The van der Waals surface area contributed by atoms with Crippen molar-refractivity contribution in [3.63, 3.8) is 0 Å². The maximum atomic E-state index is 12.9. The molecule has 0 radical (unpaired) electrons. The lowest BCUT2D eigenvalue weighted by Crippen LogP contribution is -2.49. The Kier molecular flexibility index (Phi) is 5.46. The molecule has 8 heteroatoms. The molecule has 1 saturated heterocycles. The van der Waals surface area contributed by atoms with E-state index in [1.165, 1.54) is 11.1 Å². The van der Waals surface area contributed by atoms with Crippen molar-refractivity contribution in [3.05, 3.63) is 46.6 Å². The Morgan fingerprint density at radius 1 is 1.18 bits per heavy atom. The van der Waals surface area contributed by atoms with Gasteiger partial charge in [0.2, 0.25) is 5.95 Å². The average Bonchev–Trinajstić information content (AvgIpc) is 3.36. The Morgan fingerprint density at radius 3 is 2.70 bits per heavy atom. The molecule has 3 atom stereocenters. The standard InChI is InChI=1S/C25H29ClN4O2S/c26-20-6-4-16(5-7-20)17-11-18-13-30(14-19(18)12-17)24-27-21-3-1-10-33(32)22(21)23(28-24)29-25(15-31)8-2-9-25/h4-7,11,18-19,31H,1-3,8-10,12-15H2,(H,27,28,29)/t18-,19+,33-/m0/s1. The molecule has 174 valence electrons. The van der Waals surface area contributed by atoms with Crippen molar-refractivity contribution in [1.29, 1.82) is 0 Å². The second kappa shape index (κ2) is 8.36. The molecule has 1 saturated carbocycles. The summed E-state index contributed by atoms with van der Waals surface area (Å²) < 4.78 is 12.9. The molecule has 0 amide bonds. The van der Waals surface area contributed by atoms with Crippen LogP contribution in [0.5, 0.6) is 0 Å². The number of aromatic nitrogens is 2. The van der Waals surface area contributed by atoms with Gasteiger partial charge >= 0.3 is 0 Å². The molecule has 1 aromatic carbocycles. The highest BCUT2D eigenvalue weighted by Crippen LogP contribution is 2.43. The van der Waals surface area contributed by atoms with Crippen molar-refractivity contribution in [2.75, 3.05) is 35.7 Å². The molecule has 2 N–H and O–H groups in total. The summed E-state index contributed by atoms with van der Waals surface area (Å²) >= 11 is 6.06. The molecule has 1 aromatic heterocycles. The van der Waals surface area contributed by atoms with Gasteiger partial charge in [0.05, 0.1) is 28.6 Å². The third-order valence-corrected chi connectivity index (χ3v) is 9.57. The van der Waals surface area contributed by atoms with Gasteiger partial charge in [-0.1, -0.05) is 29.8 Å². The smallest absolute Gasteiger partial charge is 0.227 e. The topological polar surface area (TPSA) is 78.4 Å². The summed E-state index contributed by atoms with van der Waals surface area (Å²) in [5.41, 5.74) is 3.24. The van der Waals surface area contributed by atoms with Gasteiger partial charge in [0, 0.05) is 23.9 Å². The summed E-state index contributed by atoms with van der Waals surface area (Å²) in [5, 5.41) is 14.3. The van der Waals surface area contributed by atoms with Crippen LogP contribution in [-0.4, -0.2) is 50.3 Å². The third kappa shape index (κ3) is 3.88. The van der Waals surface area contributed by atoms with E-state index in [9.17, 15) is 9.32 Å². The summed E-state index contributed by atoms with van der Waals surface area (Å²) in [6.45, 7) is 1.89. The van der Waals surface area contributed by atoms with Crippen molar-refractivity contribution in [1.82, 2.24) is 9.97 Å². The van der Waals surface area contributed by atoms with Gasteiger partial charge < -0.3 is 15.3 Å². The number of allylic oxidation sites excluding steroid dienone is 1. The summed E-state index contributed by atoms with van der Waals surface area (Å²) in [6, 6.07) is 8.13. The fraction of sp³-hybridized carbons (Fsp3) is 0.520. The first-order valence-corrected chi connectivity index (χ1v) is 13.6. The van der Waals surface area contributed by atoms with E-state index in [1.54, 1.807) is 0 Å². The second-order valence-electron chi connectivity index (χ2n) is 9.95. The highest BCUT2D eigenvalue weighted by molar-refractivity contribution is 7.85. The molecular weight excluding hydrogens is 456 g/mol. The van der Waals surface area contributed by atoms with Gasteiger partial charge in [-0.25, -0.2) is 4.98 Å². The Labute approximate surface area is 201 Å². The van der Waals surface area contributed by atoms with Crippen molar-refractivity contribution < 1.29 is 9.32 Å². The average molecular weight is 485 g/mol. The van der Waals surface area contributed by atoms with E-state index in [2.05, 4.69) is 28.4 Å². The predicted molar refractivity (Wildman–Crippen MR) is 132 cm³/mol. The Balaban J connectivity index is 1.27. The van der Waals surface area contributed by atoms with Crippen LogP contribution in [0, 0.1) is 11.8 Å². The first kappa shape index (κ1) is 21.6. The fourth-order valence-electron chi connectivity index (χ4n) is 5.72. The van der Waals surface area contributed by atoms with Gasteiger partial charge in [0.1, 0.15) is 10.7 Å².